The van der Waals surface area contributed by atoms with Crippen LogP contribution < -0.4 is 15.4 Å². The lowest BCUT2D eigenvalue weighted by atomic mass is 10.1. The number of nitrogens with zero attached hydrogens (tertiary/aromatic N) is 2. The van der Waals surface area contributed by atoms with Crippen LogP contribution in [-0.2, 0) is 12.1 Å². The maximum atomic E-state index is 10.6. The van der Waals surface area contributed by atoms with Crippen molar-refractivity contribution in [1.29, 1.82) is 0 Å². The van der Waals surface area contributed by atoms with Gasteiger partial charge in [-0.3, -0.25) is 0 Å². The van der Waals surface area contributed by atoms with Gasteiger partial charge in [0.05, 0.1) is 19.2 Å². The SMILES string of the molecule is CCNC(=NCc1ccc(OC(C)C)nc1)NCC(C)(O)c1cccs1. The van der Waals surface area contributed by atoms with E-state index in [2.05, 4.69) is 20.6 Å². The van der Waals surface area contributed by atoms with Crippen molar-refractivity contribution in [3.05, 3.63) is 46.3 Å². The first-order valence-electron chi connectivity index (χ1n) is 8.81. The van der Waals surface area contributed by atoms with E-state index in [-0.39, 0.29) is 6.10 Å². The average molecular weight is 377 g/mol. The minimum atomic E-state index is -0.943. The van der Waals surface area contributed by atoms with Crippen LogP contribution in [0.15, 0.2) is 40.8 Å². The highest BCUT2D eigenvalue weighted by Crippen LogP contribution is 2.24. The van der Waals surface area contributed by atoms with Crippen molar-refractivity contribution in [2.45, 2.75) is 45.9 Å². The van der Waals surface area contributed by atoms with Crippen LogP contribution in [0.5, 0.6) is 5.88 Å². The Labute approximate surface area is 159 Å². The van der Waals surface area contributed by atoms with Crippen LogP contribution >= 0.6 is 11.3 Å². The fourth-order valence-corrected chi connectivity index (χ4v) is 3.04. The highest BCUT2D eigenvalue weighted by Gasteiger charge is 2.24. The standard InChI is InChI=1S/C19H28N4O2S/c1-5-20-18(23-13-19(4,24)16-7-6-10-26-16)22-12-15-8-9-17(21-11-15)25-14(2)3/h6-11,14,24H,5,12-13H2,1-4H3,(H2,20,22,23). The van der Waals surface area contributed by atoms with Gasteiger partial charge in [-0.15, -0.1) is 11.3 Å². The normalized spacial score (nSPS) is 14.2. The third kappa shape index (κ3) is 6.31. The largest absolute Gasteiger partial charge is 0.475 e. The van der Waals surface area contributed by atoms with E-state index in [1.54, 1.807) is 24.5 Å². The zero-order valence-electron chi connectivity index (χ0n) is 15.8. The summed E-state index contributed by atoms with van der Waals surface area (Å²) in [7, 11) is 0. The molecule has 26 heavy (non-hydrogen) atoms. The number of aliphatic imine (C=N–C) groups is 1. The number of pyridine rings is 1. The van der Waals surface area contributed by atoms with Crippen LogP contribution in [0, 0.1) is 0 Å². The molecule has 0 spiro atoms. The molecule has 0 aliphatic rings. The van der Waals surface area contributed by atoms with Gasteiger partial charge in [0, 0.05) is 23.7 Å². The lowest BCUT2D eigenvalue weighted by Gasteiger charge is -2.23. The first-order chi connectivity index (χ1) is 12.4. The van der Waals surface area contributed by atoms with Crippen molar-refractivity contribution in [1.82, 2.24) is 15.6 Å². The minimum Gasteiger partial charge on any atom is -0.475 e. The second-order valence-electron chi connectivity index (χ2n) is 6.47. The number of guanidine groups is 1. The molecule has 1 unspecified atom stereocenters. The predicted molar refractivity (Wildman–Crippen MR) is 107 cm³/mol. The highest BCUT2D eigenvalue weighted by atomic mass is 32.1. The molecule has 2 aromatic rings. The monoisotopic (exact) mass is 376 g/mol. The third-order valence-corrected chi connectivity index (χ3v) is 4.69. The Kier molecular flexibility index (Phi) is 7.41. The van der Waals surface area contributed by atoms with E-state index in [9.17, 15) is 5.11 Å². The van der Waals surface area contributed by atoms with E-state index in [0.717, 1.165) is 17.0 Å². The van der Waals surface area contributed by atoms with Crippen LogP contribution in [0.25, 0.3) is 0 Å². The molecular weight excluding hydrogens is 348 g/mol. The van der Waals surface area contributed by atoms with Gasteiger partial charge in [-0.25, -0.2) is 9.98 Å². The van der Waals surface area contributed by atoms with Crippen molar-refractivity contribution in [2.24, 2.45) is 4.99 Å². The Balaban J connectivity index is 1.95. The molecule has 0 fully saturated rings. The number of rotatable bonds is 8. The van der Waals surface area contributed by atoms with Crippen molar-refractivity contribution in [2.75, 3.05) is 13.1 Å². The summed E-state index contributed by atoms with van der Waals surface area (Å²) in [5.74, 6) is 1.27. The second-order valence-corrected chi connectivity index (χ2v) is 7.42. The number of nitrogens with one attached hydrogen (secondary N) is 2. The molecule has 6 nitrogen and oxygen atoms in total. The Morgan fingerprint density at radius 1 is 1.35 bits per heavy atom. The molecule has 0 saturated carbocycles. The van der Waals surface area contributed by atoms with E-state index in [1.807, 2.05) is 50.4 Å². The molecule has 0 bridgehead atoms. The summed E-state index contributed by atoms with van der Waals surface area (Å²) >= 11 is 1.54. The van der Waals surface area contributed by atoms with E-state index in [0.29, 0.717) is 24.9 Å². The Morgan fingerprint density at radius 3 is 2.73 bits per heavy atom. The Hall–Kier alpha value is -2.12. The molecule has 0 aromatic carbocycles. The molecule has 0 aliphatic heterocycles. The van der Waals surface area contributed by atoms with E-state index < -0.39 is 5.60 Å². The van der Waals surface area contributed by atoms with E-state index in [1.165, 1.54) is 0 Å². The van der Waals surface area contributed by atoms with Gasteiger partial charge in [-0.05, 0) is 44.7 Å². The first-order valence-corrected chi connectivity index (χ1v) is 9.69. The summed E-state index contributed by atoms with van der Waals surface area (Å²) in [6, 6.07) is 7.68. The molecule has 2 heterocycles. The number of aromatic nitrogens is 1. The van der Waals surface area contributed by atoms with Crippen molar-refractivity contribution < 1.29 is 9.84 Å². The molecule has 1 atom stereocenters. The molecule has 0 radical (unpaired) electrons. The van der Waals surface area contributed by atoms with Crippen LogP contribution in [-0.4, -0.2) is 35.2 Å². The van der Waals surface area contributed by atoms with Gasteiger partial charge >= 0.3 is 0 Å². The number of ether oxygens (including phenoxy) is 1. The van der Waals surface area contributed by atoms with Gasteiger partial charge in [0.1, 0.15) is 5.60 Å². The fraction of sp³-hybridized carbons (Fsp3) is 0.474. The molecular formula is C19H28N4O2S. The molecule has 0 amide bonds. The number of hydrogen-bond acceptors (Lipinski definition) is 5. The van der Waals surface area contributed by atoms with Gasteiger partial charge in [-0.2, -0.15) is 0 Å². The smallest absolute Gasteiger partial charge is 0.213 e. The summed E-state index contributed by atoms with van der Waals surface area (Å²) in [6.45, 7) is 9.36. The molecule has 2 aromatic heterocycles. The maximum Gasteiger partial charge on any atom is 0.213 e. The lowest BCUT2D eigenvalue weighted by molar-refractivity contribution is 0.0655. The van der Waals surface area contributed by atoms with Gasteiger partial charge < -0.3 is 20.5 Å². The van der Waals surface area contributed by atoms with E-state index >= 15 is 0 Å². The summed E-state index contributed by atoms with van der Waals surface area (Å²) < 4.78 is 5.55. The van der Waals surface area contributed by atoms with Gasteiger partial charge in [-0.1, -0.05) is 12.1 Å². The summed E-state index contributed by atoms with van der Waals surface area (Å²) in [6.07, 6.45) is 1.87. The molecule has 2 rings (SSSR count). The molecule has 3 N–H and O–H groups in total. The zero-order valence-corrected chi connectivity index (χ0v) is 16.6. The fourth-order valence-electron chi connectivity index (χ4n) is 2.26. The van der Waals surface area contributed by atoms with Gasteiger partial charge in [0.2, 0.25) is 5.88 Å². The molecule has 0 saturated heterocycles. The van der Waals surface area contributed by atoms with Crippen molar-refractivity contribution in [3.8, 4) is 5.88 Å². The first kappa shape index (κ1) is 20.2. The van der Waals surface area contributed by atoms with Crippen molar-refractivity contribution in [3.63, 3.8) is 0 Å². The second kappa shape index (κ2) is 9.54. The zero-order chi connectivity index (χ0) is 19.0. The Bertz CT molecular complexity index is 682. The topological polar surface area (TPSA) is 78.8 Å². The Morgan fingerprint density at radius 2 is 2.15 bits per heavy atom. The van der Waals surface area contributed by atoms with Crippen molar-refractivity contribution >= 4 is 17.3 Å². The van der Waals surface area contributed by atoms with Gasteiger partial charge in [0.15, 0.2) is 5.96 Å². The van der Waals surface area contributed by atoms with Crippen LogP contribution in [0.3, 0.4) is 0 Å². The van der Waals surface area contributed by atoms with E-state index in [4.69, 9.17) is 4.74 Å². The molecule has 7 heteroatoms. The molecule has 0 aliphatic carbocycles. The maximum absolute atomic E-state index is 10.6. The number of thiophene rings is 1. The molecule has 142 valence electrons. The summed E-state index contributed by atoms with van der Waals surface area (Å²) in [5, 5.41) is 19.0. The summed E-state index contributed by atoms with van der Waals surface area (Å²) in [4.78, 5) is 9.78. The number of aliphatic hydroxyl groups is 1. The highest BCUT2D eigenvalue weighted by molar-refractivity contribution is 7.10. The quantitative estimate of drug-likeness (QED) is 0.488. The van der Waals surface area contributed by atoms with Crippen LogP contribution in [0.1, 0.15) is 38.1 Å². The van der Waals surface area contributed by atoms with Crippen LogP contribution in [0.4, 0.5) is 0 Å². The minimum absolute atomic E-state index is 0.104. The van der Waals surface area contributed by atoms with Crippen LogP contribution in [0.2, 0.25) is 0 Å². The lowest BCUT2D eigenvalue weighted by Crippen LogP contribution is -2.44. The third-order valence-electron chi connectivity index (χ3n) is 3.57. The van der Waals surface area contributed by atoms with Gasteiger partial charge in [0.25, 0.3) is 0 Å². The number of hydrogen-bond donors (Lipinski definition) is 3. The summed E-state index contributed by atoms with van der Waals surface area (Å²) in [5.41, 5.74) is 0.0465. The average Bonchev–Trinajstić information content (AvgIpc) is 3.14. The predicted octanol–water partition coefficient (Wildman–Crippen LogP) is 2.89.